The minimum absolute atomic E-state index is 0.266. The maximum absolute atomic E-state index is 13.2. The zero-order valence-corrected chi connectivity index (χ0v) is 17.2. The fourth-order valence-corrected chi connectivity index (χ4v) is 4.44. The molecule has 6 heteroatoms. The fraction of sp³-hybridized carbons (Fsp3) is 0.227. The van der Waals surface area contributed by atoms with Crippen molar-refractivity contribution >= 4 is 40.0 Å². The normalized spacial score (nSPS) is 19.0. The van der Waals surface area contributed by atoms with Crippen molar-refractivity contribution < 1.29 is 4.79 Å². The molecular weight excluding hydrogens is 390 g/mol. The Morgan fingerprint density at radius 3 is 2.54 bits per heavy atom. The number of amides is 1. The highest BCUT2D eigenvalue weighted by Crippen LogP contribution is 2.43. The van der Waals surface area contributed by atoms with Gasteiger partial charge in [0.05, 0.1) is 11.1 Å². The molecule has 28 heavy (non-hydrogen) atoms. The number of halogens is 1. The lowest BCUT2D eigenvalue weighted by Crippen LogP contribution is -2.31. The summed E-state index contributed by atoms with van der Waals surface area (Å²) in [4.78, 5) is 17.8. The molecule has 0 saturated carbocycles. The predicted molar refractivity (Wildman–Crippen MR) is 117 cm³/mol. The number of hydrogen-bond donors (Lipinski definition) is 1. The molecule has 4 nitrogen and oxygen atoms in total. The number of anilines is 1. The van der Waals surface area contributed by atoms with Crippen molar-refractivity contribution in [2.24, 2.45) is 10.9 Å². The molecule has 3 rings (SSSR count). The van der Waals surface area contributed by atoms with Gasteiger partial charge in [-0.3, -0.25) is 4.79 Å². The second-order valence-electron chi connectivity index (χ2n) is 6.31. The summed E-state index contributed by atoms with van der Waals surface area (Å²) in [5.41, 5.74) is 2.54. The highest BCUT2D eigenvalue weighted by atomic mass is 35.5. The lowest BCUT2D eigenvalue weighted by atomic mass is 9.78. The third-order valence-corrected chi connectivity index (χ3v) is 5.80. The standard InChI is InChI=1S/C22H20ClN3OS/c1-3-28-22-17(13-24)20(16-11-7-8-12-18(16)23)19(14(2)25-22)21(27)26-15-9-5-4-6-10-15/h4-12,17,20H,3H2,1-2H3,(H,26,27)/t17?,20-/m0/s1. The first-order valence-corrected chi connectivity index (χ1v) is 10.4. The second kappa shape index (κ2) is 9.09. The monoisotopic (exact) mass is 409 g/mol. The van der Waals surface area contributed by atoms with E-state index in [1.54, 1.807) is 6.07 Å². The number of carbonyl (C=O) groups is 1. The third kappa shape index (κ3) is 4.14. The summed E-state index contributed by atoms with van der Waals surface area (Å²) in [5.74, 6) is -0.511. The van der Waals surface area contributed by atoms with Crippen LogP contribution in [-0.2, 0) is 4.79 Å². The van der Waals surface area contributed by atoms with E-state index in [1.807, 2.05) is 62.4 Å². The number of benzene rings is 2. The average Bonchev–Trinajstić information content (AvgIpc) is 2.69. The van der Waals surface area contributed by atoms with Crippen LogP contribution in [0.15, 0.2) is 70.9 Å². The molecule has 1 aliphatic rings. The first-order valence-electron chi connectivity index (χ1n) is 8.99. The zero-order valence-electron chi connectivity index (χ0n) is 15.6. The molecule has 1 amide bonds. The number of nitriles is 1. The van der Waals surface area contributed by atoms with E-state index in [1.165, 1.54) is 11.8 Å². The van der Waals surface area contributed by atoms with Gasteiger partial charge in [-0.25, -0.2) is 4.99 Å². The molecule has 1 unspecified atom stereocenters. The molecule has 0 spiro atoms. The SMILES string of the molecule is CCSC1=NC(C)=C(C(=O)Nc2ccccc2)[C@@H](c2ccccc2Cl)C1C#N. The molecule has 2 aromatic carbocycles. The number of carbonyl (C=O) groups excluding carboxylic acids is 1. The lowest BCUT2D eigenvalue weighted by molar-refractivity contribution is -0.113. The lowest BCUT2D eigenvalue weighted by Gasteiger charge is -2.30. The Bertz CT molecular complexity index is 979. The van der Waals surface area contributed by atoms with E-state index in [0.717, 1.165) is 16.4 Å². The van der Waals surface area contributed by atoms with Gasteiger partial charge >= 0.3 is 0 Å². The van der Waals surface area contributed by atoms with Gasteiger partial charge in [-0.15, -0.1) is 11.8 Å². The topological polar surface area (TPSA) is 65.2 Å². The summed E-state index contributed by atoms with van der Waals surface area (Å²) in [6, 6.07) is 19.0. The van der Waals surface area contributed by atoms with E-state index in [0.29, 0.717) is 22.0 Å². The summed E-state index contributed by atoms with van der Waals surface area (Å²) in [6.45, 7) is 3.83. The molecule has 142 valence electrons. The smallest absolute Gasteiger partial charge is 0.254 e. The maximum atomic E-state index is 13.2. The van der Waals surface area contributed by atoms with Gasteiger partial charge in [0.25, 0.3) is 5.91 Å². The Labute approximate surface area is 174 Å². The Kier molecular flexibility index (Phi) is 6.56. The van der Waals surface area contributed by atoms with Gasteiger partial charge in [-0.2, -0.15) is 5.26 Å². The number of thioether (sulfide) groups is 1. The summed E-state index contributed by atoms with van der Waals surface area (Å²) in [7, 11) is 0. The van der Waals surface area contributed by atoms with E-state index < -0.39 is 11.8 Å². The highest BCUT2D eigenvalue weighted by molar-refractivity contribution is 8.14. The molecule has 2 atom stereocenters. The van der Waals surface area contributed by atoms with Crippen LogP contribution in [0.25, 0.3) is 0 Å². The van der Waals surface area contributed by atoms with Crippen LogP contribution in [0.2, 0.25) is 5.02 Å². The Morgan fingerprint density at radius 2 is 1.89 bits per heavy atom. The van der Waals surface area contributed by atoms with Crippen molar-refractivity contribution in [1.82, 2.24) is 0 Å². The van der Waals surface area contributed by atoms with Crippen molar-refractivity contribution in [2.75, 3.05) is 11.1 Å². The summed E-state index contributed by atoms with van der Waals surface area (Å²) in [5, 5.41) is 14.1. The van der Waals surface area contributed by atoms with E-state index in [2.05, 4.69) is 16.4 Å². The van der Waals surface area contributed by atoms with E-state index >= 15 is 0 Å². The van der Waals surface area contributed by atoms with Crippen LogP contribution in [0.5, 0.6) is 0 Å². The number of nitrogens with one attached hydrogen (secondary N) is 1. The highest BCUT2D eigenvalue weighted by Gasteiger charge is 2.39. The molecule has 1 aliphatic heterocycles. The Balaban J connectivity index is 2.11. The van der Waals surface area contributed by atoms with Crippen molar-refractivity contribution in [3.63, 3.8) is 0 Å². The summed E-state index contributed by atoms with van der Waals surface area (Å²) < 4.78 is 0. The van der Waals surface area contributed by atoms with E-state index in [9.17, 15) is 10.1 Å². The van der Waals surface area contributed by atoms with Gasteiger partial charge in [-0.05, 0) is 36.4 Å². The van der Waals surface area contributed by atoms with Gasteiger partial charge in [0.1, 0.15) is 5.92 Å². The maximum Gasteiger partial charge on any atom is 0.254 e. The van der Waals surface area contributed by atoms with Gasteiger partial charge in [-0.1, -0.05) is 54.9 Å². The molecular formula is C22H20ClN3OS. The van der Waals surface area contributed by atoms with Crippen LogP contribution < -0.4 is 5.32 Å². The predicted octanol–water partition coefficient (Wildman–Crippen LogP) is 5.64. The first-order chi connectivity index (χ1) is 13.6. The Hall–Kier alpha value is -2.55. The summed E-state index contributed by atoms with van der Waals surface area (Å²) in [6.07, 6.45) is 0. The quantitative estimate of drug-likeness (QED) is 0.710. The van der Waals surface area contributed by atoms with Crippen LogP contribution in [0.3, 0.4) is 0 Å². The molecule has 1 N–H and O–H groups in total. The third-order valence-electron chi connectivity index (χ3n) is 4.53. The number of allylic oxidation sites excluding steroid dienone is 1. The van der Waals surface area contributed by atoms with Crippen LogP contribution in [0.4, 0.5) is 5.69 Å². The number of hydrogen-bond acceptors (Lipinski definition) is 4. The van der Waals surface area contributed by atoms with Crippen LogP contribution >= 0.6 is 23.4 Å². The van der Waals surface area contributed by atoms with Crippen molar-refractivity contribution in [1.29, 1.82) is 5.26 Å². The summed E-state index contributed by atoms with van der Waals surface area (Å²) >= 11 is 8.00. The van der Waals surface area contributed by atoms with Gasteiger partial charge in [0, 0.05) is 27.9 Å². The molecule has 0 aliphatic carbocycles. The van der Waals surface area contributed by atoms with Crippen LogP contribution in [-0.4, -0.2) is 16.7 Å². The van der Waals surface area contributed by atoms with Crippen molar-refractivity contribution in [2.45, 2.75) is 19.8 Å². The van der Waals surface area contributed by atoms with Crippen molar-refractivity contribution in [3.05, 3.63) is 76.5 Å². The number of aliphatic imine (C=N–C) groups is 1. The minimum atomic E-state index is -0.565. The average molecular weight is 410 g/mol. The molecule has 0 aromatic heterocycles. The van der Waals surface area contributed by atoms with E-state index in [-0.39, 0.29) is 5.91 Å². The zero-order chi connectivity index (χ0) is 20.1. The van der Waals surface area contributed by atoms with Crippen LogP contribution in [0.1, 0.15) is 25.3 Å². The number of rotatable bonds is 4. The molecule has 2 aromatic rings. The van der Waals surface area contributed by atoms with Crippen LogP contribution in [0, 0.1) is 17.2 Å². The number of para-hydroxylation sites is 1. The Morgan fingerprint density at radius 1 is 1.21 bits per heavy atom. The fourth-order valence-electron chi connectivity index (χ4n) is 3.32. The molecule has 0 fully saturated rings. The molecule has 0 saturated heterocycles. The van der Waals surface area contributed by atoms with Crippen molar-refractivity contribution in [3.8, 4) is 6.07 Å². The second-order valence-corrected chi connectivity index (χ2v) is 8.00. The first kappa shape index (κ1) is 20.2. The van der Waals surface area contributed by atoms with E-state index in [4.69, 9.17) is 11.6 Å². The van der Waals surface area contributed by atoms with Gasteiger partial charge < -0.3 is 5.32 Å². The molecule has 0 radical (unpaired) electrons. The molecule has 1 heterocycles. The largest absolute Gasteiger partial charge is 0.322 e. The molecule has 0 bridgehead atoms. The number of nitrogens with zero attached hydrogens (tertiary/aromatic N) is 2. The minimum Gasteiger partial charge on any atom is -0.322 e. The van der Waals surface area contributed by atoms with Gasteiger partial charge in [0.15, 0.2) is 0 Å². The van der Waals surface area contributed by atoms with Gasteiger partial charge in [0.2, 0.25) is 0 Å².